The summed E-state index contributed by atoms with van der Waals surface area (Å²) in [5.41, 5.74) is -0.390. The fourth-order valence-electron chi connectivity index (χ4n) is 2.56. The smallest absolute Gasteiger partial charge is 0.266 e. The van der Waals surface area contributed by atoms with E-state index in [1.165, 1.54) is 18.2 Å². The average molecular weight is 284 g/mol. The van der Waals surface area contributed by atoms with Crippen LogP contribution in [0.5, 0.6) is 0 Å². The molecule has 0 unspecified atom stereocenters. The fraction of sp³-hybridized carbons (Fsp3) is 0. The van der Waals surface area contributed by atoms with Crippen molar-refractivity contribution in [2.45, 2.75) is 0 Å². The second-order valence-electron chi connectivity index (χ2n) is 4.70. The first kappa shape index (κ1) is 11.9. The van der Waals surface area contributed by atoms with Crippen LogP contribution in [0.25, 0.3) is 16.6 Å². The quantitative estimate of drug-likeness (QED) is 0.497. The number of fused-ring (bicyclic) bond motifs is 4. The predicted octanol–water partition coefficient (Wildman–Crippen LogP) is 2.21. The Morgan fingerprint density at radius 2 is 1.86 bits per heavy atom. The van der Waals surface area contributed by atoms with Gasteiger partial charge in [0.25, 0.3) is 5.56 Å². The highest BCUT2D eigenvalue weighted by Crippen LogP contribution is 2.27. The van der Waals surface area contributed by atoms with E-state index in [0.29, 0.717) is 0 Å². The van der Waals surface area contributed by atoms with E-state index >= 15 is 0 Å². The molecule has 0 amide bonds. The Labute approximate surface area is 116 Å². The number of aromatic nitrogens is 2. The molecule has 1 aliphatic rings. The largest absolute Gasteiger partial charge is 0.285 e. The van der Waals surface area contributed by atoms with Crippen molar-refractivity contribution in [2.75, 3.05) is 0 Å². The first-order valence-electron chi connectivity index (χ1n) is 6.14. The maximum atomic E-state index is 13.8. The Balaban J connectivity index is 2.20. The number of nitrogens with zero attached hydrogens (tertiary/aromatic N) is 2. The Morgan fingerprint density at radius 3 is 2.67 bits per heavy atom. The van der Waals surface area contributed by atoms with Gasteiger partial charge in [-0.15, -0.1) is 0 Å². The Bertz CT molecular complexity index is 1010. The van der Waals surface area contributed by atoms with Crippen LogP contribution < -0.4 is 5.56 Å². The molecule has 102 valence electrons. The summed E-state index contributed by atoms with van der Waals surface area (Å²) in [6, 6.07) is 7.55. The van der Waals surface area contributed by atoms with Crippen LogP contribution >= 0.6 is 0 Å². The summed E-state index contributed by atoms with van der Waals surface area (Å²) >= 11 is 0. The third-order valence-corrected chi connectivity index (χ3v) is 3.50. The summed E-state index contributed by atoms with van der Waals surface area (Å²) < 4.78 is 28.2. The molecule has 0 aliphatic carbocycles. The van der Waals surface area contributed by atoms with Gasteiger partial charge in [-0.25, -0.2) is 13.8 Å². The molecule has 1 aromatic heterocycles. The minimum atomic E-state index is -0.678. The monoisotopic (exact) mass is 284 g/mol. The SMILES string of the molecule is O=C1c2cc(F)ccc2-n2c1nc1c(F)cccc1c2=O. The normalized spacial score (nSPS) is 12.6. The zero-order valence-corrected chi connectivity index (χ0v) is 10.4. The molecule has 21 heavy (non-hydrogen) atoms. The summed E-state index contributed by atoms with van der Waals surface area (Å²) in [7, 11) is 0. The van der Waals surface area contributed by atoms with Gasteiger partial charge in [0.1, 0.15) is 17.2 Å². The zero-order chi connectivity index (χ0) is 14.7. The van der Waals surface area contributed by atoms with Gasteiger partial charge < -0.3 is 0 Å². The topological polar surface area (TPSA) is 52.0 Å². The van der Waals surface area contributed by atoms with Crippen molar-refractivity contribution < 1.29 is 13.6 Å². The highest BCUT2D eigenvalue weighted by atomic mass is 19.1. The van der Waals surface area contributed by atoms with E-state index in [4.69, 9.17) is 0 Å². The third kappa shape index (κ3) is 1.44. The lowest BCUT2D eigenvalue weighted by Crippen LogP contribution is -2.21. The molecule has 2 aromatic carbocycles. The molecule has 3 aromatic rings. The second kappa shape index (κ2) is 3.82. The maximum Gasteiger partial charge on any atom is 0.266 e. The molecule has 2 heterocycles. The van der Waals surface area contributed by atoms with Crippen molar-refractivity contribution in [1.82, 2.24) is 9.55 Å². The van der Waals surface area contributed by atoms with Crippen LogP contribution in [0, 0.1) is 11.6 Å². The van der Waals surface area contributed by atoms with E-state index in [-0.39, 0.29) is 28.0 Å². The number of benzene rings is 2. The lowest BCUT2D eigenvalue weighted by Gasteiger charge is -2.05. The van der Waals surface area contributed by atoms with Gasteiger partial charge in [-0.3, -0.25) is 14.2 Å². The summed E-state index contributed by atoms with van der Waals surface area (Å²) in [6.45, 7) is 0. The van der Waals surface area contributed by atoms with Crippen molar-refractivity contribution in [3.63, 3.8) is 0 Å². The number of hydrogen-bond acceptors (Lipinski definition) is 3. The van der Waals surface area contributed by atoms with Gasteiger partial charge in [0.15, 0.2) is 5.82 Å². The van der Waals surface area contributed by atoms with Gasteiger partial charge >= 0.3 is 0 Å². The first-order valence-corrected chi connectivity index (χ1v) is 6.14. The van der Waals surface area contributed by atoms with E-state index in [0.717, 1.165) is 22.8 Å². The molecule has 0 radical (unpaired) electrons. The average Bonchev–Trinajstić information content (AvgIpc) is 2.74. The second-order valence-corrected chi connectivity index (χ2v) is 4.70. The molecule has 6 heteroatoms. The number of rotatable bonds is 0. The maximum absolute atomic E-state index is 13.8. The Hall–Kier alpha value is -2.89. The van der Waals surface area contributed by atoms with Gasteiger partial charge in [-0.1, -0.05) is 6.07 Å². The summed E-state index contributed by atoms with van der Waals surface area (Å²) in [5.74, 6) is -2.05. The fourth-order valence-corrected chi connectivity index (χ4v) is 2.56. The molecule has 0 bridgehead atoms. The Kier molecular flexibility index (Phi) is 2.16. The van der Waals surface area contributed by atoms with Gasteiger partial charge in [-0.05, 0) is 30.3 Å². The van der Waals surface area contributed by atoms with E-state index in [9.17, 15) is 18.4 Å². The molecule has 0 N–H and O–H groups in total. The van der Waals surface area contributed by atoms with Crippen LogP contribution in [0.2, 0.25) is 0 Å². The molecule has 4 nitrogen and oxygen atoms in total. The van der Waals surface area contributed by atoms with Gasteiger partial charge in [0.05, 0.1) is 16.6 Å². The van der Waals surface area contributed by atoms with Crippen LogP contribution in [0.15, 0.2) is 41.2 Å². The van der Waals surface area contributed by atoms with Gasteiger partial charge in [0.2, 0.25) is 5.78 Å². The Morgan fingerprint density at radius 1 is 1.05 bits per heavy atom. The molecule has 0 spiro atoms. The molecule has 0 saturated heterocycles. The van der Waals surface area contributed by atoms with Crippen molar-refractivity contribution in [1.29, 1.82) is 0 Å². The van der Waals surface area contributed by atoms with E-state index in [1.807, 2.05) is 0 Å². The number of carbonyl (C=O) groups is 1. The number of halogens is 2. The van der Waals surface area contributed by atoms with E-state index in [2.05, 4.69) is 4.98 Å². The predicted molar refractivity (Wildman–Crippen MR) is 70.7 cm³/mol. The van der Waals surface area contributed by atoms with Gasteiger partial charge in [0, 0.05) is 0 Å². The molecule has 4 rings (SSSR count). The first-order chi connectivity index (χ1) is 10.1. The molecular formula is C15H6F2N2O2. The van der Waals surface area contributed by atoms with Crippen molar-refractivity contribution in [3.05, 3.63) is 69.8 Å². The van der Waals surface area contributed by atoms with E-state index < -0.39 is 23.0 Å². The highest BCUT2D eigenvalue weighted by Gasteiger charge is 2.31. The number of carbonyl (C=O) groups excluding carboxylic acids is 1. The van der Waals surface area contributed by atoms with E-state index in [1.54, 1.807) is 0 Å². The molecule has 0 fully saturated rings. The lowest BCUT2D eigenvalue weighted by atomic mass is 10.1. The highest BCUT2D eigenvalue weighted by molar-refractivity contribution is 6.13. The summed E-state index contributed by atoms with van der Waals surface area (Å²) in [6.07, 6.45) is 0. The van der Waals surface area contributed by atoms with Crippen LogP contribution in [-0.4, -0.2) is 15.3 Å². The zero-order valence-electron chi connectivity index (χ0n) is 10.4. The van der Waals surface area contributed by atoms with Crippen LogP contribution in [0.4, 0.5) is 8.78 Å². The van der Waals surface area contributed by atoms with Crippen molar-refractivity contribution in [2.24, 2.45) is 0 Å². The minimum absolute atomic E-state index is 0.0512. The van der Waals surface area contributed by atoms with Crippen molar-refractivity contribution >= 4 is 16.7 Å². The summed E-state index contributed by atoms with van der Waals surface area (Å²) in [5, 5.41) is 0.0729. The molecule has 0 atom stereocenters. The molecule has 0 saturated carbocycles. The third-order valence-electron chi connectivity index (χ3n) is 3.50. The van der Waals surface area contributed by atoms with Crippen LogP contribution in [-0.2, 0) is 0 Å². The minimum Gasteiger partial charge on any atom is -0.285 e. The van der Waals surface area contributed by atoms with Crippen molar-refractivity contribution in [3.8, 4) is 5.69 Å². The van der Waals surface area contributed by atoms with Crippen LogP contribution in [0.1, 0.15) is 16.2 Å². The van der Waals surface area contributed by atoms with Crippen LogP contribution in [0.3, 0.4) is 0 Å². The lowest BCUT2D eigenvalue weighted by molar-refractivity contribution is 0.103. The standard InChI is InChI=1S/C15H6F2N2O2/c16-7-4-5-11-9(6-7)13(20)14-18-12-8(15(21)19(11)14)2-1-3-10(12)17/h1-6H. The summed E-state index contributed by atoms with van der Waals surface area (Å²) in [4.78, 5) is 28.7. The number of para-hydroxylation sites is 1. The van der Waals surface area contributed by atoms with Gasteiger partial charge in [-0.2, -0.15) is 0 Å². The number of hydrogen-bond donors (Lipinski definition) is 0. The number of ketones is 1. The molecular weight excluding hydrogens is 278 g/mol. The molecule has 1 aliphatic heterocycles.